The van der Waals surface area contributed by atoms with Gasteiger partial charge in [0.05, 0.1) is 18.8 Å². The Morgan fingerprint density at radius 1 is 1.30 bits per heavy atom. The van der Waals surface area contributed by atoms with Crippen LogP contribution in [0.3, 0.4) is 0 Å². The number of nitrogens with zero attached hydrogens (tertiary/aromatic N) is 1. The van der Waals surface area contributed by atoms with E-state index < -0.39 is 12.8 Å². The van der Waals surface area contributed by atoms with E-state index in [1.807, 2.05) is 4.90 Å². The lowest BCUT2D eigenvalue weighted by Crippen LogP contribution is -2.38. The van der Waals surface area contributed by atoms with Gasteiger partial charge in [0.1, 0.15) is 25.2 Å². The van der Waals surface area contributed by atoms with Gasteiger partial charge in [-0.3, -0.25) is 0 Å². The highest BCUT2D eigenvalue weighted by atomic mass is 19.2. The predicted octanol–water partition coefficient (Wildman–Crippen LogP) is 2.76. The maximum absolute atomic E-state index is 13.7. The number of ether oxygens (including phenoxy) is 1. The minimum atomic E-state index is -1.42. The Morgan fingerprint density at radius 2 is 2.13 bits per heavy atom. The predicted molar refractivity (Wildman–Crippen MR) is 87.3 cm³/mol. The molecular formula is C18H24F2N2O. The molecule has 5 heteroatoms. The number of halogens is 2. The summed E-state index contributed by atoms with van der Waals surface area (Å²) in [5.41, 5.74) is 5.23. The molecule has 1 N–H and O–H groups in total. The third-order valence-corrected chi connectivity index (χ3v) is 5.14. The van der Waals surface area contributed by atoms with E-state index in [0.29, 0.717) is 19.1 Å². The van der Waals surface area contributed by atoms with E-state index in [2.05, 4.69) is 11.4 Å². The van der Waals surface area contributed by atoms with Crippen molar-refractivity contribution in [1.82, 2.24) is 5.32 Å². The number of hydrogen-bond acceptors (Lipinski definition) is 3. The van der Waals surface area contributed by atoms with E-state index in [-0.39, 0.29) is 6.54 Å². The molecule has 0 unspecified atom stereocenters. The smallest absolute Gasteiger partial charge is 0.146 e. The quantitative estimate of drug-likeness (QED) is 0.922. The van der Waals surface area contributed by atoms with Crippen LogP contribution in [0.25, 0.3) is 0 Å². The van der Waals surface area contributed by atoms with Gasteiger partial charge in [-0.15, -0.1) is 0 Å². The van der Waals surface area contributed by atoms with Crippen LogP contribution in [-0.4, -0.2) is 45.6 Å². The highest BCUT2D eigenvalue weighted by Gasteiger charge is 2.35. The van der Waals surface area contributed by atoms with Crippen molar-refractivity contribution in [3.63, 3.8) is 0 Å². The van der Waals surface area contributed by atoms with Gasteiger partial charge in [0, 0.05) is 0 Å². The molecule has 1 fully saturated rings. The summed E-state index contributed by atoms with van der Waals surface area (Å²) in [7, 11) is 0. The van der Waals surface area contributed by atoms with Gasteiger partial charge >= 0.3 is 0 Å². The minimum Gasteiger partial charge on any atom is -0.490 e. The molecule has 3 nitrogen and oxygen atoms in total. The average molecular weight is 322 g/mol. The van der Waals surface area contributed by atoms with Gasteiger partial charge in [-0.2, -0.15) is 0 Å². The first-order valence-corrected chi connectivity index (χ1v) is 8.75. The lowest BCUT2D eigenvalue weighted by atomic mass is 9.91. The Hall–Kier alpha value is -1.36. The van der Waals surface area contributed by atoms with Crippen molar-refractivity contribution in [3.8, 4) is 5.75 Å². The Bertz CT molecular complexity index is 589. The van der Waals surface area contributed by atoms with Gasteiger partial charge in [0.15, 0.2) is 0 Å². The van der Waals surface area contributed by atoms with Gasteiger partial charge in [0.2, 0.25) is 0 Å². The number of anilines is 1. The van der Waals surface area contributed by atoms with E-state index in [1.165, 1.54) is 29.5 Å². The average Bonchev–Trinajstić information content (AvgIpc) is 3.39. The van der Waals surface area contributed by atoms with Gasteiger partial charge in [-0.1, -0.05) is 0 Å². The van der Waals surface area contributed by atoms with Crippen LogP contribution in [0.4, 0.5) is 14.5 Å². The molecule has 0 aromatic heterocycles. The van der Waals surface area contributed by atoms with Crippen molar-refractivity contribution < 1.29 is 13.5 Å². The first-order chi connectivity index (χ1) is 11.3. The van der Waals surface area contributed by atoms with Crippen LogP contribution in [-0.2, 0) is 12.8 Å². The van der Waals surface area contributed by atoms with Crippen molar-refractivity contribution in [2.75, 3.05) is 44.4 Å². The second kappa shape index (κ2) is 6.27. The molecular weight excluding hydrogens is 298 g/mol. The van der Waals surface area contributed by atoms with Gasteiger partial charge in [-0.25, -0.2) is 8.78 Å². The highest BCUT2D eigenvalue weighted by Crippen LogP contribution is 2.51. The fraction of sp³-hybridized carbons (Fsp3) is 0.667. The molecule has 2 aliphatic heterocycles. The standard InChI is InChI=1S/C18H24F2N2O/c19-10-14(20)11-22-7-8-23-16-9-13-3-5-21-6-4-15(13)17(18(16)22)12-1-2-12/h9,12,14,21H,1-8,10-11H2/t14-/m1/s1. The molecule has 0 spiro atoms. The van der Waals surface area contributed by atoms with E-state index >= 15 is 0 Å². The monoisotopic (exact) mass is 322 g/mol. The zero-order valence-corrected chi connectivity index (χ0v) is 13.4. The fourth-order valence-electron chi connectivity index (χ4n) is 3.94. The number of nitrogens with one attached hydrogen (secondary N) is 1. The molecule has 3 aliphatic rings. The van der Waals surface area contributed by atoms with E-state index in [4.69, 9.17) is 4.74 Å². The number of rotatable bonds is 4. The zero-order valence-electron chi connectivity index (χ0n) is 13.4. The molecule has 126 valence electrons. The minimum absolute atomic E-state index is 0.129. The molecule has 1 saturated carbocycles. The number of benzene rings is 1. The van der Waals surface area contributed by atoms with Crippen LogP contribution < -0.4 is 15.0 Å². The SMILES string of the molecule is FC[C@@H](F)CN1CCOc2cc3c(c(C4CC4)c21)CCNCC3. The van der Waals surface area contributed by atoms with Crippen LogP contribution >= 0.6 is 0 Å². The number of fused-ring (bicyclic) bond motifs is 2. The van der Waals surface area contributed by atoms with Gasteiger partial charge in [-0.05, 0) is 67.4 Å². The molecule has 0 radical (unpaired) electrons. The summed E-state index contributed by atoms with van der Waals surface area (Å²) in [6.07, 6.45) is 3.01. The summed E-state index contributed by atoms with van der Waals surface area (Å²) in [5, 5.41) is 3.46. The summed E-state index contributed by atoms with van der Waals surface area (Å²) < 4.78 is 32.3. The number of hydrogen-bond donors (Lipinski definition) is 1. The molecule has 23 heavy (non-hydrogen) atoms. The van der Waals surface area contributed by atoms with Crippen LogP contribution in [0, 0.1) is 0 Å². The maximum atomic E-state index is 13.7. The molecule has 1 atom stereocenters. The van der Waals surface area contributed by atoms with E-state index in [9.17, 15) is 8.78 Å². The lowest BCUT2D eigenvalue weighted by Gasteiger charge is -2.35. The highest BCUT2D eigenvalue weighted by molar-refractivity contribution is 5.71. The molecule has 1 aromatic carbocycles. The second-order valence-electron chi connectivity index (χ2n) is 6.84. The fourth-order valence-corrected chi connectivity index (χ4v) is 3.94. The van der Waals surface area contributed by atoms with Crippen molar-refractivity contribution >= 4 is 5.69 Å². The van der Waals surface area contributed by atoms with Crippen molar-refractivity contribution in [2.45, 2.75) is 37.8 Å². The molecule has 0 bridgehead atoms. The molecule has 1 aliphatic carbocycles. The summed E-state index contributed by atoms with van der Waals surface area (Å²) >= 11 is 0. The lowest BCUT2D eigenvalue weighted by molar-refractivity contribution is 0.249. The molecule has 0 saturated heterocycles. The largest absolute Gasteiger partial charge is 0.490 e. The molecule has 0 amide bonds. The maximum Gasteiger partial charge on any atom is 0.146 e. The van der Waals surface area contributed by atoms with Crippen molar-refractivity contribution in [3.05, 3.63) is 22.8 Å². The summed E-state index contributed by atoms with van der Waals surface area (Å²) in [6, 6.07) is 2.15. The summed E-state index contributed by atoms with van der Waals surface area (Å²) in [5.74, 6) is 1.45. The summed E-state index contributed by atoms with van der Waals surface area (Å²) in [6.45, 7) is 2.39. The molecule has 2 heterocycles. The first kappa shape index (κ1) is 15.2. The third kappa shape index (κ3) is 2.91. The van der Waals surface area contributed by atoms with Crippen LogP contribution in [0.15, 0.2) is 6.07 Å². The van der Waals surface area contributed by atoms with E-state index in [1.54, 1.807) is 0 Å². The molecule has 4 rings (SSSR count). The Morgan fingerprint density at radius 3 is 2.91 bits per heavy atom. The normalized spacial score (nSPS) is 21.9. The Labute approximate surface area is 136 Å². The van der Waals surface area contributed by atoms with Crippen molar-refractivity contribution in [2.24, 2.45) is 0 Å². The number of alkyl halides is 2. The van der Waals surface area contributed by atoms with Crippen LogP contribution in [0.1, 0.15) is 35.4 Å². The zero-order chi connectivity index (χ0) is 15.8. The topological polar surface area (TPSA) is 24.5 Å². The second-order valence-corrected chi connectivity index (χ2v) is 6.84. The Balaban J connectivity index is 1.80. The summed E-state index contributed by atoms with van der Waals surface area (Å²) in [4.78, 5) is 2.02. The van der Waals surface area contributed by atoms with E-state index in [0.717, 1.165) is 37.4 Å². The van der Waals surface area contributed by atoms with Gasteiger partial charge in [0.25, 0.3) is 0 Å². The van der Waals surface area contributed by atoms with Crippen LogP contribution in [0.5, 0.6) is 5.75 Å². The van der Waals surface area contributed by atoms with Crippen LogP contribution in [0.2, 0.25) is 0 Å². The van der Waals surface area contributed by atoms with Crippen molar-refractivity contribution in [1.29, 1.82) is 0 Å². The van der Waals surface area contributed by atoms with Gasteiger partial charge < -0.3 is 15.0 Å². The molecule has 1 aromatic rings. The third-order valence-electron chi connectivity index (χ3n) is 5.14. The Kier molecular flexibility index (Phi) is 4.14. The first-order valence-electron chi connectivity index (χ1n) is 8.75.